The number of aliphatic carboxylic acids is 1. The molecule has 0 radical (unpaired) electrons. The number of hydrogen-bond donors (Lipinski definition) is 3. The van der Waals surface area contributed by atoms with Crippen molar-refractivity contribution in [2.45, 2.75) is 39.2 Å². The van der Waals surface area contributed by atoms with Gasteiger partial charge in [0.2, 0.25) is 5.91 Å². The van der Waals surface area contributed by atoms with Crippen molar-refractivity contribution in [1.82, 2.24) is 5.32 Å². The number of nitrogens with one attached hydrogen (secondary N) is 1. The summed E-state index contributed by atoms with van der Waals surface area (Å²) in [5.41, 5.74) is 0.0465. The second-order valence-corrected chi connectivity index (χ2v) is 6.12. The summed E-state index contributed by atoms with van der Waals surface area (Å²) in [5, 5.41) is 21.7. The summed E-state index contributed by atoms with van der Waals surface area (Å²) < 4.78 is 5.14. The third-order valence-electron chi connectivity index (χ3n) is 3.90. The normalized spacial score (nSPS) is 12.1. The zero-order chi connectivity index (χ0) is 18.7. The minimum atomic E-state index is -1.13. The Labute approximate surface area is 148 Å². The van der Waals surface area contributed by atoms with Crippen molar-refractivity contribution in [3.8, 4) is 5.75 Å². The predicted octanol–water partition coefficient (Wildman–Crippen LogP) is 2.37. The molecular formula is C17H18ClNO6. The average Bonchev–Trinajstić information content (AvgIpc) is 2.53. The lowest BCUT2D eigenvalue weighted by Crippen LogP contribution is -2.41. The Morgan fingerprint density at radius 3 is 2.64 bits per heavy atom. The fraction of sp³-hybridized carbons (Fsp3) is 0.353. The molecule has 0 spiro atoms. The van der Waals surface area contributed by atoms with Gasteiger partial charge >= 0.3 is 11.6 Å². The number of benzene rings is 1. The number of fused-ring (bicyclic) bond motifs is 1. The van der Waals surface area contributed by atoms with E-state index in [0.717, 1.165) is 0 Å². The molecule has 2 aromatic rings. The van der Waals surface area contributed by atoms with Gasteiger partial charge in [-0.05, 0) is 25.0 Å². The van der Waals surface area contributed by atoms with E-state index < -0.39 is 23.5 Å². The number of phenolic OH excluding ortho intramolecular Hbond substituents is 1. The highest BCUT2D eigenvalue weighted by Crippen LogP contribution is 2.30. The van der Waals surface area contributed by atoms with Crippen LogP contribution in [0.4, 0.5) is 0 Å². The highest BCUT2D eigenvalue weighted by Gasteiger charge is 2.21. The molecule has 1 aromatic heterocycles. The maximum Gasteiger partial charge on any atom is 0.340 e. The number of aryl methyl sites for hydroxylation is 1. The van der Waals surface area contributed by atoms with E-state index in [2.05, 4.69) is 5.32 Å². The Balaban J connectivity index is 2.35. The maximum absolute atomic E-state index is 12.2. The van der Waals surface area contributed by atoms with Crippen molar-refractivity contribution < 1.29 is 24.2 Å². The summed E-state index contributed by atoms with van der Waals surface area (Å²) in [5.74, 6) is -1.92. The van der Waals surface area contributed by atoms with Crippen molar-refractivity contribution in [2.75, 3.05) is 0 Å². The number of rotatable bonds is 6. The summed E-state index contributed by atoms with van der Waals surface area (Å²) >= 11 is 5.88. The van der Waals surface area contributed by atoms with Gasteiger partial charge in [-0.1, -0.05) is 24.9 Å². The molecule has 134 valence electrons. The first-order chi connectivity index (χ1) is 11.7. The number of amides is 1. The van der Waals surface area contributed by atoms with Gasteiger partial charge in [0.1, 0.15) is 17.4 Å². The van der Waals surface area contributed by atoms with Crippen LogP contribution in [-0.2, 0) is 16.0 Å². The number of carbonyl (C=O) groups excluding carboxylic acids is 1. The van der Waals surface area contributed by atoms with Crippen molar-refractivity contribution in [1.29, 1.82) is 0 Å². The van der Waals surface area contributed by atoms with Crippen molar-refractivity contribution in [2.24, 2.45) is 0 Å². The SMILES string of the molecule is CCC[C@H](NC(=O)Cc1c(C)c2cc(Cl)c(O)cc2oc1=O)C(=O)O. The lowest BCUT2D eigenvalue weighted by Gasteiger charge is -2.14. The summed E-state index contributed by atoms with van der Waals surface area (Å²) in [6, 6.07) is 1.68. The molecule has 0 bridgehead atoms. The molecule has 1 heterocycles. The van der Waals surface area contributed by atoms with E-state index in [-0.39, 0.29) is 28.3 Å². The van der Waals surface area contributed by atoms with Crippen molar-refractivity contribution in [3.63, 3.8) is 0 Å². The Morgan fingerprint density at radius 2 is 2.04 bits per heavy atom. The lowest BCUT2D eigenvalue weighted by molar-refractivity contribution is -0.141. The number of carboxylic acid groups (broad SMARTS) is 1. The second-order valence-electron chi connectivity index (χ2n) is 5.72. The van der Waals surface area contributed by atoms with E-state index in [0.29, 0.717) is 23.8 Å². The molecule has 0 aliphatic heterocycles. The molecule has 0 unspecified atom stereocenters. The van der Waals surface area contributed by atoms with Gasteiger partial charge in [0, 0.05) is 11.5 Å². The maximum atomic E-state index is 12.2. The molecular weight excluding hydrogens is 350 g/mol. The van der Waals surface area contributed by atoms with Crippen LogP contribution < -0.4 is 10.9 Å². The summed E-state index contributed by atoms with van der Waals surface area (Å²) in [4.78, 5) is 35.4. The first kappa shape index (κ1) is 18.8. The zero-order valence-electron chi connectivity index (χ0n) is 13.8. The van der Waals surface area contributed by atoms with Gasteiger partial charge < -0.3 is 19.9 Å². The van der Waals surface area contributed by atoms with Crippen LogP contribution in [0.15, 0.2) is 21.3 Å². The van der Waals surface area contributed by atoms with E-state index in [1.54, 1.807) is 6.92 Å². The first-order valence-corrected chi connectivity index (χ1v) is 8.09. The van der Waals surface area contributed by atoms with E-state index in [4.69, 9.17) is 21.1 Å². The van der Waals surface area contributed by atoms with Crippen LogP contribution in [0, 0.1) is 6.92 Å². The fourth-order valence-electron chi connectivity index (χ4n) is 2.55. The fourth-order valence-corrected chi connectivity index (χ4v) is 2.72. The zero-order valence-corrected chi connectivity index (χ0v) is 14.5. The third-order valence-corrected chi connectivity index (χ3v) is 4.21. The lowest BCUT2D eigenvalue weighted by atomic mass is 10.0. The van der Waals surface area contributed by atoms with Crippen molar-refractivity contribution >= 4 is 34.4 Å². The van der Waals surface area contributed by atoms with Gasteiger partial charge in [0.15, 0.2) is 0 Å². The number of carbonyl (C=O) groups is 2. The highest BCUT2D eigenvalue weighted by molar-refractivity contribution is 6.32. The van der Waals surface area contributed by atoms with Gasteiger partial charge in [-0.3, -0.25) is 4.79 Å². The largest absolute Gasteiger partial charge is 0.506 e. The number of carboxylic acids is 1. The molecule has 0 fully saturated rings. The van der Waals surface area contributed by atoms with Gasteiger partial charge in [-0.15, -0.1) is 0 Å². The van der Waals surface area contributed by atoms with Gasteiger partial charge in [0.05, 0.1) is 17.0 Å². The van der Waals surface area contributed by atoms with Gasteiger partial charge in [0.25, 0.3) is 0 Å². The Kier molecular flexibility index (Phi) is 5.69. The standard InChI is InChI=1S/C17H18ClNO6/c1-3-4-12(16(22)23)19-15(21)6-10-8(2)9-5-11(18)13(20)7-14(9)25-17(10)24/h5,7,12,20H,3-4,6H2,1-2H3,(H,19,21)(H,22,23)/t12-/m0/s1. The second kappa shape index (κ2) is 7.57. The molecule has 25 heavy (non-hydrogen) atoms. The van der Waals surface area contributed by atoms with Crippen LogP contribution in [0.25, 0.3) is 11.0 Å². The summed E-state index contributed by atoms with van der Waals surface area (Å²) in [7, 11) is 0. The smallest absolute Gasteiger partial charge is 0.340 e. The van der Waals surface area contributed by atoms with E-state index in [9.17, 15) is 19.5 Å². The van der Waals surface area contributed by atoms with Crippen LogP contribution in [-0.4, -0.2) is 28.1 Å². The topological polar surface area (TPSA) is 117 Å². The Bertz CT molecular complexity index is 889. The first-order valence-electron chi connectivity index (χ1n) is 7.71. The molecule has 0 saturated carbocycles. The minimum absolute atomic E-state index is 0.0914. The molecule has 2 rings (SSSR count). The van der Waals surface area contributed by atoms with Crippen molar-refractivity contribution in [3.05, 3.63) is 38.7 Å². The van der Waals surface area contributed by atoms with Crippen LogP contribution in [0.2, 0.25) is 5.02 Å². The molecule has 7 nitrogen and oxygen atoms in total. The highest BCUT2D eigenvalue weighted by atomic mass is 35.5. The van der Waals surface area contributed by atoms with Gasteiger partial charge in [-0.25, -0.2) is 9.59 Å². The van der Waals surface area contributed by atoms with Gasteiger partial charge in [-0.2, -0.15) is 0 Å². The number of phenols is 1. The molecule has 0 saturated heterocycles. The molecule has 8 heteroatoms. The summed E-state index contributed by atoms with van der Waals surface area (Å²) in [6.07, 6.45) is 0.577. The molecule has 1 atom stereocenters. The number of hydrogen-bond acceptors (Lipinski definition) is 5. The predicted molar refractivity (Wildman–Crippen MR) is 92.1 cm³/mol. The van der Waals surface area contributed by atoms with Crippen LogP contribution >= 0.6 is 11.6 Å². The average molecular weight is 368 g/mol. The summed E-state index contributed by atoms with van der Waals surface area (Å²) in [6.45, 7) is 3.44. The molecule has 0 aliphatic carbocycles. The van der Waals surface area contributed by atoms with Crippen LogP contribution in [0.5, 0.6) is 5.75 Å². The molecule has 0 aliphatic rings. The molecule has 1 amide bonds. The minimum Gasteiger partial charge on any atom is -0.506 e. The third kappa shape index (κ3) is 4.11. The monoisotopic (exact) mass is 367 g/mol. The van der Waals surface area contributed by atoms with E-state index >= 15 is 0 Å². The van der Waals surface area contributed by atoms with E-state index in [1.165, 1.54) is 12.1 Å². The van der Waals surface area contributed by atoms with Crippen LogP contribution in [0.3, 0.4) is 0 Å². The quantitative estimate of drug-likeness (QED) is 0.675. The number of halogens is 1. The number of aromatic hydroxyl groups is 1. The molecule has 3 N–H and O–H groups in total. The molecule has 1 aromatic carbocycles. The van der Waals surface area contributed by atoms with Crippen LogP contribution in [0.1, 0.15) is 30.9 Å². The van der Waals surface area contributed by atoms with E-state index in [1.807, 2.05) is 6.92 Å². The Morgan fingerprint density at radius 1 is 1.36 bits per heavy atom. The Hall–Kier alpha value is -2.54.